The van der Waals surface area contributed by atoms with Crippen LogP contribution in [0.5, 0.6) is 0 Å². The van der Waals surface area contributed by atoms with Gasteiger partial charge in [0.2, 0.25) is 5.90 Å². The zero-order valence-corrected chi connectivity index (χ0v) is 6.55. The topological polar surface area (TPSA) is 38.7 Å². The summed E-state index contributed by atoms with van der Waals surface area (Å²) in [5, 5.41) is 0. The van der Waals surface area contributed by atoms with E-state index in [0.717, 1.165) is 0 Å². The predicted octanol–water partition coefficient (Wildman–Crippen LogP) is 1.97. The fourth-order valence-electron chi connectivity index (χ4n) is 0.379. The van der Waals surface area contributed by atoms with Gasteiger partial charge in [-0.3, -0.25) is 4.99 Å². The van der Waals surface area contributed by atoms with E-state index in [0.29, 0.717) is 0 Å². The summed E-state index contributed by atoms with van der Waals surface area (Å²) < 4.78 is 4.43. The maximum absolute atomic E-state index is 10.1. The highest BCUT2D eigenvalue weighted by atomic mass is 35.5. The molecule has 0 amide bonds. The Balaban J connectivity index is 3.98. The van der Waals surface area contributed by atoms with Crippen LogP contribution in [0.2, 0.25) is 0 Å². The first-order chi connectivity index (χ1) is 4.70. The van der Waals surface area contributed by atoms with Crippen molar-refractivity contribution in [3.63, 3.8) is 0 Å². The van der Waals surface area contributed by atoms with E-state index in [-0.39, 0.29) is 5.90 Å². The number of hydrogen-bond donors (Lipinski definition) is 0. The lowest BCUT2D eigenvalue weighted by atomic mass is 10.5. The van der Waals surface area contributed by atoms with Crippen molar-refractivity contribution in [2.75, 3.05) is 7.05 Å². The number of rotatable bonds is 1. The number of carbonyl (C=O) groups excluding carboxylic acids is 1. The molecule has 0 aromatic heterocycles. The number of halogens is 1. The minimum atomic E-state index is -0.876. The lowest BCUT2D eigenvalue weighted by Gasteiger charge is -1.94. The summed E-state index contributed by atoms with van der Waals surface area (Å²) in [4.78, 5) is 13.7. The second kappa shape index (κ2) is 4.99. The van der Waals surface area contributed by atoms with Gasteiger partial charge in [0, 0.05) is 18.6 Å². The fourth-order valence-corrected chi connectivity index (χ4v) is 0.458. The average Bonchev–Trinajstić information content (AvgIpc) is 1.86. The van der Waals surface area contributed by atoms with Crippen molar-refractivity contribution in [2.24, 2.45) is 4.99 Å². The second-order valence-electron chi connectivity index (χ2n) is 1.40. The molecule has 0 aliphatic rings. The first-order valence-electron chi connectivity index (χ1n) is 2.67. The van der Waals surface area contributed by atoms with Crippen LogP contribution >= 0.6 is 11.6 Å². The average molecular weight is 162 g/mol. The van der Waals surface area contributed by atoms with Crippen molar-refractivity contribution in [2.45, 2.75) is 6.92 Å². The van der Waals surface area contributed by atoms with Gasteiger partial charge in [0.1, 0.15) is 0 Å². The summed E-state index contributed by atoms with van der Waals surface area (Å²) in [7, 11) is 1.51. The molecule has 0 aromatic rings. The number of ether oxygens (including phenoxy) is 1. The molecular weight excluding hydrogens is 154 g/mol. The van der Waals surface area contributed by atoms with Crippen molar-refractivity contribution in [3.05, 3.63) is 12.2 Å². The van der Waals surface area contributed by atoms with E-state index in [4.69, 9.17) is 11.6 Å². The molecule has 0 unspecified atom stereocenters. The van der Waals surface area contributed by atoms with Crippen molar-refractivity contribution in [3.8, 4) is 0 Å². The molecule has 0 N–H and O–H groups in total. The molecule has 0 radical (unpaired) electrons. The van der Waals surface area contributed by atoms with Gasteiger partial charge in [0.25, 0.3) is 0 Å². The summed E-state index contributed by atoms with van der Waals surface area (Å²) in [6.07, 6.45) is 3.24. The Kier molecular flexibility index (Phi) is 4.58. The molecule has 0 atom stereocenters. The Morgan fingerprint density at radius 2 is 2.30 bits per heavy atom. The number of carbonyl (C=O) groups is 1. The summed E-state index contributed by atoms with van der Waals surface area (Å²) in [5.41, 5.74) is -0.876. The molecule has 0 spiro atoms. The van der Waals surface area contributed by atoms with Crippen LogP contribution in [0.25, 0.3) is 0 Å². The van der Waals surface area contributed by atoms with E-state index < -0.39 is 5.43 Å². The molecule has 0 aliphatic carbocycles. The monoisotopic (exact) mass is 161 g/mol. The van der Waals surface area contributed by atoms with Gasteiger partial charge >= 0.3 is 5.43 Å². The number of aliphatic imine (C=N–C) groups is 1. The van der Waals surface area contributed by atoms with Gasteiger partial charge in [0.15, 0.2) is 0 Å². The van der Waals surface area contributed by atoms with Gasteiger partial charge in [0.05, 0.1) is 0 Å². The molecule has 0 bridgehead atoms. The summed E-state index contributed by atoms with van der Waals surface area (Å²) >= 11 is 4.91. The standard InChI is InChI=1S/C6H8ClNO2/c1-3-4-5(8-2)10-6(7)9/h3-4H,1-2H3/b4-3-,8-5+. The van der Waals surface area contributed by atoms with Crippen LogP contribution < -0.4 is 0 Å². The fraction of sp³-hybridized carbons (Fsp3) is 0.333. The van der Waals surface area contributed by atoms with Crippen LogP contribution in [-0.2, 0) is 4.74 Å². The van der Waals surface area contributed by atoms with Gasteiger partial charge in [-0.1, -0.05) is 6.08 Å². The maximum atomic E-state index is 10.1. The lowest BCUT2D eigenvalue weighted by Crippen LogP contribution is -2.02. The molecular formula is C6H8ClNO2. The van der Waals surface area contributed by atoms with Crippen molar-refractivity contribution in [1.29, 1.82) is 0 Å². The van der Waals surface area contributed by atoms with Crippen LogP contribution in [0.15, 0.2) is 17.1 Å². The third kappa shape index (κ3) is 4.09. The Labute approximate surface area is 64.3 Å². The molecule has 0 rings (SSSR count). The highest BCUT2D eigenvalue weighted by Crippen LogP contribution is 1.91. The van der Waals surface area contributed by atoms with Gasteiger partial charge in [-0.05, 0) is 13.0 Å². The highest BCUT2D eigenvalue weighted by Gasteiger charge is 1.98. The van der Waals surface area contributed by atoms with Crippen molar-refractivity contribution >= 4 is 22.9 Å². The Morgan fingerprint density at radius 3 is 2.60 bits per heavy atom. The molecule has 0 aliphatic heterocycles. The molecule has 0 heterocycles. The highest BCUT2D eigenvalue weighted by molar-refractivity contribution is 6.62. The first-order valence-corrected chi connectivity index (χ1v) is 3.05. The largest absolute Gasteiger partial charge is 0.410 e. The summed E-state index contributed by atoms with van der Waals surface area (Å²) in [6.45, 7) is 1.78. The minimum absolute atomic E-state index is 0.211. The van der Waals surface area contributed by atoms with E-state index in [1.165, 1.54) is 7.05 Å². The number of hydrogen-bond acceptors (Lipinski definition) is 3. The van der Waals surface area contributed by atoms with E-state index in [9.17, 15) is 4.79 Å². The predicted molar refractivity (Wildman–Crippen MR) is 40.5 cm³/mol. The second-order valence-corrected chi connectivity index (χ2v) is 1.71. The first kappa shape index (κ1) is 9.17. The lowest BCUT2D eigenvalue weighted by molar-refractivity contribution is 0.223. The van der Waals surface area contributed by atoms with Crippen LogP contribution in [0.3, 0.4) is 0 Å². The summed E-state index contributed by atoms with van der Waals surface area (Å²) in [6, 6.07) is 0. The molecule has 4 heteroatoms. The Bertz CT molecular complexity index is 175. The van der Waals surface area contributed by atoms with Gasteiger partial charge < -0.3 is 4.74 Å². The van der Waals surface area contributed by atoms with E-state index in [1.807, 2.05) is 0 Å². The third-order valence-electron chi connectivity index (χ3n) is 0.714. The Morgan fingerprint density at radius 1 is 1.70 bits per heavy atom. The zero-order chi connectivity index (χ0) is 7.98. The Hall–Kier alpha value is -0.830. The zero-order valence-electron chi connectivity index (χ0n) is 5.80. The van der Waals surface area contributed by atoms with E-state index in [2.05, 4.69) is 9.73 Å². The maximum Gasteiger partial charge on any atom is 0.410 e. The molecule has 0 saturated carbocycles. The van der Waals surface area contributed by atoms with E-state index in [1.54, 1.807) is 19.1 Å². The van der Waals surface area contributed by atoms with Crippen LogP contribution in [0, 0.1) is 0 Å². The van der Waals surface area contributed by atoms with Crippen LogP contribution in [0.4, 0.5) is 4.79 Å². The smallest absolute Gasteiger partial charge is 0.396 e. The molecule has 0 fully saturated rings. The molecule has 3 nitrogen and oxygen atoms in total. The van der Waals surface area contributed by atoms with Crippen molar-refractivity contribution < 1.29 is 9.53 Å². The minimum Gasteiger partial charge on any atom is -0.396 e. The third-order valence-corrected chi connectivity index (χ3v) is 0.792. The SMILES string of the molecule is C/C=C\C(=N/C)OC(=O)Cl. The number of nitrogens with zero attached hydrogens (tertiary/aromatic N) is 1. The van der Waals surface area contributed by atoms with E-state index >= 15 is 0 Å². The van der Waals surface area contributed by atoms with Gasteiger partial charge in [-0.25, -0.2) is 4.79 Å². The van der Waals surface area contributed by atoms with Gasteiger partial charge in [-0.2, -0.15) is 0 Å². The molecule has 56 valence electrons. The van der Waals surface area contributed by atoms with Crippen molar-refractivity contribution in [1.82, 2.24) is 0 Å². The van der Waals surface area contributed by atoms with Crippen LogP contribution in [-0.4, -0.2) is 18.4 Å². The summed E-state index contributed by atoms with van der Waals surface area (Å²) in [5.74, 6) is 0.211. The molecule has 0 saturated heterocycles. The molecule has 0 aromatic carbocycles. The molecule has 10 heavy (non-hydrogen) atoms. The van der Waals surface area contributed by atoms with Crippen LogP contribution in [0.1, 0.15) is 6.92 Å². The van der Waals surface area contributed by atoms with Gasteiger partial charge in [-0.15, -0.1) is 0 Å². The quantitative estimate of drug-likeness (QED) is 0.335. The number of allylic oxidation sites excluding steroid dienone is 1. The normalized spacial score (nSPS) is 12.1.